The summed E-state index contributed by atoms with van der Waals surface area (Å²) >= 11 is 12.2. The lowest BCUT2D eigenvalue weighted by Crippen LogP contribution is -2.14. The first-order valence-electron chi connectivity index (χ1n) is 10.1. The molecule has 0 aliphatic rings. The van der Waals surface area contributed by atoms with Gasteiger partial charge in [-0.25, -0.2) is 0 Å². The Kier molecular flexibility index (Phi) is 6.95. The van der Waals surface area contributed by atoms with E-state index in [1.807, 2.05) is 72.8 Å². The molecule has 0 unspecified atom stereocenters. The normalized spacial score (nSPS) is 11.1. The number of nitrogens with zero attached hydrogens (tertiary/aromatic N) is 1. The fraction of sp³-hybridized carbons (Fsp3) is 0.0370. The first-order chi connectivity index (χ1) is 16.0. The predicted octanol–water partition coefficient (Wildman–Crippen LogP) is 7.27. The zero-order chi connectivity index (χ0) is 23.2. The van der Waals surface area contributed by atoms with Crippen LogP contribution in [0.2, 0.25) is 10.0 Å². The van der Waals surface area contributed by atoms with Crippen molar-refractivity contribution in [3.63, 3.8) is 0 Å². The van der Waals surface area contributed by atoms with Crippen LogP contribution in [0.25, 0.3) is 16.8 Å². The molecule has 4 rings (SSSR count). The van der Waals surface area contributed by atoms with Gasteiger partial charge < -0.3 is 10.1 Å². The second-order valence-electron chi connectivity index (χ2n) is 7.22. The number of anilines is 1. The van der Waals surface area contributed by atoms with E-state index in [9.17, 15) is 10.1 Å². The summed E-state index contributed by atoms with van der Waals surface area (Å²) < 4.78 is 6.09. The van der Waals surface area contributed by atoms with Gasteiger partial charge in [0.15, 0.2) is 0 Å². The van der Waals surface area contributed by atoms with E-state index in [1.54, 1.807) is 12.1 Å². The summed E-state index contributed by atoms with van der Waals surface area (Å²) in [7, 11) is 0. The van der Waals surface area contributed by atoms with Crippen LogP contribution in [0.5, 0.6) is 5.75 Å². The largest absolute Gasteiger partial charge is 0.488 e. The van der Waals surface area contributed by atoms with Gasteiger partial charge in [0.25, 0.3) is 5.91 Å². The van der Waals surface area contributed by atoms with E-state index < -0.39 is 5.91 Å². The molecule has 0 atom stereocenters. The number of hydrogen-bond donors (Lipinski definition) is 1. The molecule has 0 fully saturated rings. The predicted molar refractivity (Wildman–Crippen MR) is 133 cm³/mol. The lowest BCUT2D eigenvalue weighted by molar-refractivity contribution is -0.112. The molecule has 0 aliphatic heterocycles. The number of nitrogens with one attached hydrogen (secondary N) is 1. The Morgan fingerprint density at radius 1 is 0.970 bits per heavy atom. The zero-order valence-electron chi connectivity index (χ0n) is 17.4. The van der Waals surface area contributed by atoms with Crippen molar-refractivity contribution < 1.29 is 9.53 Å². The molecule has 1 N–H and O–H groups in total. The highest BCUT2D eigenvalue weighted by Crippen LogP contribution is 2.32. The first-order valence-corrected chi connectivity index (χ1v) is 10.9. The van der Waals surface area contributed by atoms with Crippen molar-refractivity contribution in [3.8, 4) is 11.8 Å². The molecule has 0 aromatic heterocycles. The molecule has 6 heteroatoms. The van der Waals surface area contributed by atoms with Crippen molar-refractivity contribution in [2.45, 2.75) is 6.61 Å². The summed E-state index contributed by atoms with van der Waals surface area (Å²) in [6.45, 7) is 0.353. The lowest BCUT2D eigenvalue weighted by Gasteiger charge is -2.13. The van der Waals surface area contributed by atoms with Crippen molar-refractivity contribution in [1.82, 2.24) is 0 Å². The van der Waals surface area contributed by atoms with Crippen molar-refractivity contribution in [2.24, 2.45) is 0 Å². The molecule has 0 heterocycles. The average Bonchev–Trinajstić information content (AvgIpc) is 2.84. The zero-order valence-corrected chi connectivity index (χ0v) is 18.9. The Bertz CT molecular complexity index is 1390. The van der Waals surface area contributed by atoms with E-state index in [1.165, 1.54) is 12.1 Å². The van der Waals surface area contributed by atoms with Crippen LogP contribution in [-0.4, -0.2) is 5.91 Å². The summed E-state index contributed by atoms with van der Waals surface area (Å²) in [5.74, 6) is -0.0255. The lowest BCUT2D eigenvalue weighted by atomic mass is 10.0. The van der Waals surface area contributed by atoms with Crippen molar-refractivity contribution >= 4 is 51.6 Å². The van der Waals surface area contributed by atoms with E-state index in [0.717, 1.165) is 16.3 Å². The SMILES string of the molecule is N#C/C(=C\c1c(OCc2ccccc2)ccc2ccccc12)C(=O)Nc1cc(Cl)ccc1Cl. The van der Waals surface area contributed by atoms with Crippen molar-refractivity contribution in [1.29, 1.82) is 5.26 Å². The van der Waals surface area contributed by atoms with Gasteiger partial charge in [0, 0.05) is 10.6 Å². The molecule has 4 aromatic rings. The molecule has 4 nitrogen and oxygen atoms in total. The second-order valence-corrected chi connectivity index (χ2v) is 8.06. The molecular formula is C27H18Cl2N2O2. The summed E-state index contributed by atoms with van der Waals surface area (Å²) in [6, 6.07) is 28.0. The van der Waals surface area contributed by atoms with Gasteiger partial charge >= 0.3 is 0 Å². The van der Waals surface area contributed by atoms with Crippen LogP contribution in [0.1, 0.15) is 11.1 Å². The number of fused-ring (bicyclic) bond motifs is 1. The average molecular weight is 473 g/mol. The number of hydrogen-bond acceptors (Lipinski definition) is 3. The van der Waals surface area contributed by atoms with E-state index >= 15 is 0 Å². The number of ether oxygens (including phenoxy) is 1. The number of carbonyl (C=O) groups is 1. The monoisotopic (exact) mass is 472 g/mol. The van der Waals surface area contributed by atoms with Crippen LogP contribution in [0, 0.1) is 11.3 Å². The summed E-state index contributed by atoms with van der Waals surface area (Å²) in [6.07, 6.45) is 1.54. The first kappa shape index (κ1) is 22.4. The molecule has 0 radical (unpaired) electrons. The Balaban J connectivity index is 1.71. The fourth-order valence-corrected chi connectivity index (χ4v) is 3.70. The topological polar surface area (TPSA) is 62.1 Å². The molecule has 4 aromatic carbocycles. The Morgan fingerprint density at radius 3 is 2.52 bits per heavy atom. The standard InChI is InChI=1S/C27H18Cl2N2O2/c28-21-11-12-24(29)25(15-21)31-27(32)20(16-30)14-23-22-9-5-4-8-19(22)10-13-26(23)33-17-18-6-2-1-3-7-18/h1-15H,17H2,(H,31,32)/b20-14+. The highest BCUT2D eigenvalue weighted by atomic mass is 35.5. The highest BCUT2D eigenvalue weighted by Gasteiger charge is 2.15. The van der Waals surface area contributed by atoms with Crippen LogP contribution in [0.15, 0.2) is 90.5 Å². The minimum atomic E-state index is -0.594. The Hall–Kier alpha value is -3.78. The number of carbonyl (C=O) groups excluding carboxylic acids is 1. The van der Waals surface area contributed by atoms with Gasteiger partial charge in [0.2, 0.25) is 0 Å². The van der Waals surface area contributed by atoms with E-state index in [0.29, 0.717) is 33.7 Å². The molecule has 0 saturated heterocycles. The van der Waals surface area contributed by atoms with Crippen molar-refractivity contribution in [2.75, 3.05) is 5.32 Å². The van der Waals surface area contributed by atoms with E-state index in [2.05, 4.69) is 5.32 Å². The number of amides is 1. The van der Waals surface area contributed by atoms with Crippen LogP contribution in [0.3, 0.4) is 0 Å². The molecular weight excluding hydrogens is 455 g/mol. The summed E-state index contributed by atoms with van der Waals surface area (Å²) in [5.41, 5.74) is 1.89. The minimum Gasteiger partial charge on any atom is -0.488 e. The third-order valence-corrected chi connectivity index (χ3v) is 5.56. The van der Waals surface area contributed by atoms with Gasteiger partial charge in [-0.1, -0.05) is 83.9 Å². The van der Waals surface area contributed by atoms with Crippen molar-refractivity contribution in [3.05, 3.63) is 112 Å². The van der Waals surface area contributed by atoms with Crippen LogP contribution in [0.4, 0.5) is 5.69 Å². The number of benzene rings is 4. The van der Waals surface area contributed by atoms with Gasteiger partial charge in [-0.05, 0) is 46.7 Å². The molecule has 0 aliphatic carbocycles. The van der Waals surface area contributed by atoms with Gasteiger partial charge in [0.1, 0.15) is 24.0 Å². The molecule has 0 bridgehead atoms. The van der Waals surface area contributed by atoms with Gasteiger partial charge in [-0.15, -0.1) is 0 Å². The van der Waals surface area contributed by atoms with Gasteiger partial charge in [0.05, 0.1) is 10.7 Å². The quantitative estimate of drug-likeness (QED) is 0.237. The number of nitriles is 1. The fourth-order valence-electron chi connectivity index (χ4n) is 3.36. The molecule has 1 amide bonds. The minimum absolute atomic E-state index is 0.0908. The van der Waals surface area contributed by atoms with E-state index in [4.69, 9.17) is 27.9 Å². The van der Waals surface area contributed by atoms with Crippen LogP contribution in [-0.2, 0) is 11.4 Å². The summed E-state index contributed by atoms with van der Waals surface area (Å²) in [4.78, 5) is 12.9. The third-order valence-electron chi connectivity index (χ3n) is 5.00. The Morgan fingerprint density at radius 2 is 1.73 bits per heavy atom. The maximum Gasteiger partial charge on any atom is 0.266 e. The highest BCUT2D eigenvalue weighted by molar-refractivity contribution is 6.36. The maximum atomic E-state index is 12.9. The second kappa shape index (κ2) is 10.2. The molecule has 0 saturated carbocycles. The van der Waals surface area contributed by atoms with E-state index in [-0.39, 0.29) is 5.57 Å². The van der Waals surface area contributed by atoms with Crippen LogP contribution >= 0.6 is 23.2 Å². The molecule has 33 heavy (non-hydrogen) atoms. The third kappa shape index (κ3) is 5.35. The summed E-state index contributed by atoms with van der Waals surface area (Å²) in [5, 5.41) is 15.0. The maximum absolute atomic E-state index is 12.9. The molecule has 0 spiro atoms. The number of rotatable bonds is 6. The Labute approximate surface area is 201 Å². The van der Waals surface area contributed by atoms with Gasteiger partial charge in [-0.2, -0.15) is 5.26 Å². The number of halogens is 2. The van der Waals surface area contributed by atoms with Gasteiger partial charge in [-0.3, -0.25) is 4.79 Å². The van der Waals surface area contributed by atoms with Crippen LogP contribution < -0.4 is 10.1 Å². The smallest absolute Gasteiger partial charge is 0.266 e. The molecule has 162 valence electrons.